The van der Waals surface area contributed by atoms with E-state index in [9.17, 15) is 9.59 Å². The fraction of sp³-hybridized carbons (Fsp3) is 0.733. The van der Waals surface area contributed by atoms with Gasteiger partial charge in [0.15, 0.2) is 0 Å². The number of nitrogens with zero attached hydrogens (tertiary/aromatic N) is 2. The minimum Gasteiger partial charge on any atom is -0.449 e. The van der Waals surface area contributed by atoms with Crippen LogP contribution in [0.2, 0.25) is 0 Å². The molecular weight excluding hydrogens is 480 g/mol. The quantitative estimate of drug-likeness (QED) is 0.151. The second kappa shape index (κ2) is 22.6. The third-order valence-electron chi connectivity index (χ3n) is 6.50. The number of hydrogen-bond donors (Lipinski definition) is 2. The van der Waals surface area contributed by atoms with E-state index in [-0.39, 0.29) is 0 Å². The number of hydrogen-bond acceptors (Lipinski definition) is 6. The fourth-order valence-corrected chi connectivity index (χ4v) is 4.14. The van der Waals surface area contributed by atoms with Gasteiger partial charge < -0.3 is 19.3 Å². The highest BCUT2D eigenvalue weighted by Gasteiger charge is 2.07. The highest BCUT2D eigenvalue weighted by molar-refractivity contribution is 5.87. The SMILES string of the molecule is CCCCCCCN(C)CCCOC(=O)Nc1ccc(NC(=O)OCCCN(C)CCCCCCC)cc1. The van der Waals surface area contributed by atoms with E-state index in [4.69, 9.17) is 9.47 Å². The Hall–Kier alpha value is -2.32. The van der Waals surface area contributed by atoms with E-state index in [1.54, 1.807) is 24.3 Å². The van der Waals surface area contributed by atoms with Crippen molar-refractivity contribution in [3.8, 4) is 0 Å². The molecule has 1 aromatic carbocycles. The molecule has 1 rings (SSSR count). The Morgan fingerprint density at radius 1 is 0.579 bits per heavy atom. The molecule has 8 nitrogen and oxygen atoms in total. The normalized spacial score (nSPS) is 11.1. The third kappa shape index (κ3) is 18.9. The van der Waals surface area contributed by atoms with Gasteiger partial charge in [0, 0.05) is 24.5 Å². The molecule has 0 atom stereocenters. The van der Waals surface area contributed by atoms with Crippen LogP contribution >= 0.6 is 0 Å². The van der Waals surface area contributed by atoms with E-state index >= 15 is 0 Å². The van der Waals surface area contributed by atoms with Gasteiger partial charge in [-0.1, -0.05) is 65.2 Å². The number of carbonyl (C=O) groups is 2. The Balaban J connectivity index is 2.12. The molecule has 38 heavy (non-hydrogen) atoms. The zero-order valence-corrected chi connectivity index (χ0v) is 24.6. The van der Waals surface area contributed by atoms with Crippen LogP contribution in [0.1, 0.15) is 90.9 Å². The van der Waals surface area contributed by atoms with E-state index < -0.39 is 12.2 Å². The van der Waals surface area contributed by atoms with Crippen molar-refractivity contribution in [2.45, 2.75) is 90.9 Å². The Morgan fingerprint density at radius 2 is 0.921 bits per heavy atom. The first-order chi connectivity index (χ1) is 18.4. The molecule has 0 aliphatic carbocycles. The third-order valence-corrected chi connectivity index (χ3v) is 6.50. The number of ether oxygens (including phenoxy) is 2. The molecule has 0 aliphatic heterocycles. The number of amides is 2. The standard InChI is InChI=1S/C30H54N4O4/c1-5-7-9-11-13-21-33(3)23-15-25-37-29(35)31-27-17-19-28(20-18-27)32-30(36)38-26-16-24-34(4)22-14-12-10-8-6-2/h17-20H,5-16,21-26H2,1-4H3,(H,31,35)(H,32,36). The predicted octanol–water partition coefficient (Wildman–Crippen LogP) is 7.37. The first-order valence-corrected chi connectivity index (χ1v) is 14.8. The molecule has 2 N–H and O–H groups in total. The molecule has 218 valence electrons. The lowest BCUT2D eigenvalue weighted by atomic mass is 10.1. The van der Waals surface area contributed by atoms with E-state index in [1.165, 1.54) is 64.2 Å². The average molecular weight is 535 g/mol. The zero-order valence-electron chi connectivity index (χ0n) is 24.6. The topological polar surface area (TPSA) is 83.1 Å². The smallest absolute Gasteiger partial charge is 0.411 e. The van der Waals surface area contributed by atoms with Crippen LogP contribution in [0, 0.1) is 0 Å². The molecule has 1 aromatic rings. The van der Waals surface area contributed by atoms with Crippen molar-refractivity contribution in [3.05, 3.63) is 24.3 Å². The van der Waals surface area contributed by atoms with Gasteiger partial charge in [-0.25, -0.2) is 9.59 Å². The molecule has 0 spiro atoms. The number of carbonyl (C=O) groups excluding carboxylic acids is 2. The number of anilines is 2. The average Bonchev–Trinajstić information content (AvgIpc) is 2.90. The van der Waals surface area contributed by atoms with Crippen LogP contribution in [0.3, 0.4) is 0 Å². The van der Waals surface area contributed by atoms with Gasteiger partial charge in [0.2, 0.25) is 0 Å². The predicted molar refractivity (Wildman–Crippen MR) is 158 cm³/mol. The van der Waals surface area contributed by atoms with Gasteiger partial charge in [0.25, 0.3) is 0 Å². The monoisotopic (exact) mass is 534 g/mol. The Morgan fingerprint density at radius 3 is 1.29 bits per heavy atom. The molecule has 0 radical (unpaired) electrons. The second-order valence-corrected chi connectivity index (χ2v) is 10.2. The van der Waals surface area contributed by atoms with Crippen LogP contribution < -0.4 is 10.6 Å². The Bertz CT molecular complexity index is 668. The largest absolute Gasteiger partial charge is 0.449 e. The van der Waals surface area contributed by atoms with Gasteiger partial charge in [-0.2, -0.15) is 0 Å². The van der Waals surface area contributed by atoms with E-state index in [0.29, 0.717) is 24.6 Å². The molecule has 0 aromatic heterocycles. The van der Waals surface area contributed by atoms with Crippen LogP contribution in [0.5, 0.6) is 0 Å². The molecule has 8 heteroatoms. The summed E-state index contributed by atoms with van der Waals surface area (Å²) in [6, 6.07) is 6.88. The summed E-state index contributed by atoms with van der Waals surface area (Å²) in [6.07, 6.45) is 13.5. The van der Waals surface area contributed by atoms with Crippen molar-refractivity contribution in [1.82, 2.24) is 9.80 Å². The first-order valence-electron chi connectivity index (χ1n) is 14.8. The first kappa shape index (κ1) is 33.7. The summed E-state index contributed by atoms with van der Waals surface area (Å²) >= 11 is 0. The number of nitrogens with one attached hydrogen (secondary N) is 2. The van der Waals surface area contributed by atoms with Gasteiger partial charge in [-0.05, 0) is 77.1 Å². The van der Waals surface area contributed by atoms with Gasteiger partial charge in [-0.15, -0.1) is 0 Å². The van der Waals surface area contributed by atoms with Gasteiger partial charge in [-0.3, -0.25) is 10.6 Å². The summed E-state index contributed by atoms with van der Waals surface area (Å²) in [6.45, 7) is 9.21. The van der Waals surface area contributed by atoms with Gasteiger partial charge >= 0.3 is 12.2 Å². The lowest BCUT2D eigenvalue weighted by Crippen LogP contribution is -2.23. The van der Waals surface area contributed by atoms with Crippen LogP contribution in [-0.2, 0) is 9.47 Å². The number of unbranched alkanes of at least 4 members (excludes halogenated alkanes) is 8. The lowest BCUT2D eigenvalue weighted by Gasteiger charge is -2.16. The lowest BCUT2D eigenvalue weighted by molar-refractivity contribution is 0.153. The van der Waals surface area contributed by atoms with Crippen LogP contribution in [0.4, 0.5) is 21.0 Å². The van der Waals surface area contributed by atoms with E-state index in [0.717, 1.165) is 39.0 Å². The minimum absolute atomic E-state index is 0.381. The molecule has 0 fully saturated rings. The maximum atomic E-state index is 12.0. The number of rotatable bonds is 22. The van der Waals surface area contributed by atoms with E-state index in [2.05, 4.69) is 48.4 Å². The molecule has 0 saturated carbocycles. The van der Waals surface area contributed by atoms with Crippen molar-refractivity contribution >= 4 is 23.6 Å². The summed E-state index contributed by atoms with van der Waals surface area (Å²) in [4.78, 5) is 28.7. The van der Waals surface area contributed by atoms with Crippen molar-refractivity contribution in [1.29, 1.82) is 0 Å². The van der Waals surface area contributed by atoms with Crippen molar-refractivity contribution in [3.63, 3.8) is 0 Å². The summed E-state index contributed by atoms with van der Waals surface area (Å²) in [5.74, 6) is 0. The van der Waals surface area contributed by atoms with Crippen LogP contribution in [0.25, 0.3) is 0 Å². The maximum absolute atomic E-state index is 12.0. The van der Waals surface area contributed by atoms with Crippen molar-refractivity contribution < 1.29 is 19.1 Å². The molecule has 0 aliphatic rings. The summed E-state index contributed by atoms with van der Waals surface area (Å²) in [7, 11) is 4.22. The second-order valence-electron chi connectivity index (χ2n) is 10.2. The molecule has 0 heterocycles. The van der Waals surface area contributed by atoms with E-state index in [1.807, 2.05) is 0 Å². The van der Waals surface area contributed by atoms with Gasteiger partial charge in [0.05, 0.1) is 13.2 Å². The maximum Gasteiger partial charge on any atom is 0.411 e. The van der Waals surface area contributed by atoms with Gasteiger partial charge in [0.1, 0.15) is 0 Å². The molecule has 0 bridgehead atoms. The highest BCUT2D eigenvalue weighted by atomic mass is 16.6. The summed E-state index contributed by atoms with van der Waals surface area (Å²) in [5.41, 5.74) is 1.21. The number of benzene rings is 1. The Kier molecular flexibility index (Phi) is 20.1. The Labute approximate surface area is 231 Å². The summed E-state index contributed by atoms with van der Waals surface area (Å²) in [5, 5.41) is 5.44. The molecule has 0 saturated heterocycles. The highest BCUT2D eigenvalue weighted by Crippen LogP contribution is 2.14. The zero-order chi connectivity index (χ0) is 27.8. The fourth-order valence-electron chi connectivity index (χ4n) is 4.14. The molecule has 2 amide bonds. The van der Waals surface area contributed by atoms with Crippen molar-refractivity contribution in [2.24, 2.45) is 0 Å². The molecular formula is C30H54N4O4. The molecule has 0 unspecified atom stereocenters. The van der Waals surface area contributed by atoms with Crippen LogP contribution in [-0.4, -0.2) is 75.5 Å². The van der Waals surface area contributed by atoms with Crippen molar-refractivity contribution in [2.75, 3.05) is 64.1 Å². The summed E-state index contributed by atoms with van der Waals surface area (Å²) < 4.78 is 10.6. The van der Waals surface area contributed by atoms with Crippen LogP contribution in [0.15, 0.2) is 24.3 Å². The minimum atomic E-state index is -0.474.